The second kappa shape index (κ2) is 6.68. The Balaban J connectivity index is 1.57. The Morgan fingerprint density at radius 1 is 1.39 bits per heavy atom. The van der Waals surface area contributed by atoms with Gasteiger partial charge in [-0.1, -0.05) is 24.3 Å². The summed E-state index contributed by atoms with van der Waals surface area (Å²) in [6.45, 7) is 2.53. The van der Waals surface area contributed by atoms with Crippen molar-refractivity contribution in [3.8, 4) is 0 Å². The molecule has 1 aromatic rings. The lowest BCUT2D eigenvalue weighted by atomic mass is 9.77. The first-order valence-electron chi connectivity index (χ1n) is 7.99. The molecular formula is C17H23N3O3. The Bertz CT molecular complexity index is 605. The van der Waals surface area contributed by atoms with Crippen molar-refractivity contribution in [2.24, 2.45) is 5.73 Å². The van der Waals surface area contributed by atoms with Gasteiger partial charge >= 0.3 is 0 Å². The number of nitrogens with zero attached hydrogens (tertiary/aromatic N) is 2. The molecule has 1 saturated heterocycles. The maximum absolute atomic E-state index is 12.7. The molecule has 1 aliphatic carbocycles. The van der Waals surface area contributed by atoms with Gasteiger partial charge in [-0.2, -0.15) is 0 Å². The normalized spacial score (nSPS) is 23.3. The number of fused-ring (bicyclic) bond motifs is 1. The first kappa shape index (κ1) is 16.0. The molecule has 2 unspecified atom stereocenters. The molecule has 2 aliphatic rings. The van der Waals surface area contributed by atoms with Crippen LogP contribution in [0.5, 0.6) is 0 Å². The van der Waals surface area contributed by atoms with E-state index in [9.17, 15) is 9.59 Å². The fraction of sp³-hybridized carbons (Fsp3) is 0.529. The molecule has 0 bridgehead atoms. The smallest absolute Gasteiger partial charge is 0.231 e. The largest absolute Gasteiger partial charge is 0.373 e. The molecule has 1 heterocycles. The van der Waals surface area contributed by atoms with E-state index in [1.54, 1.807) is 0 Å². The Hall–Kier alpha value is -1.92. The minimum absolute atomic E-state index is 0.00620. The van der Waals surface area contributed by atoms with Crippen LogP contribution in [0.3, 0.4) is 0 Å². The lowest BCUT2D eigenvalue weighted by Crippen LogP contribution is -2.52. The summed E-state index contributed by atoms with van der Waals surface area (Å²) in [4.78, 5) is 27.4. The Labute approximate surface area is 136 Å². The van der Waals surface area contributed by atoms with Crippen molar-refractivity contribution in [3.63, 3.8) is 0 Å². The number of primary amides is 1. The first-order valence-corrected chi connectivity index (χ1v) is 7.99. The Kier molecular flexibility index (Phi) is 4.63. The van der Waals surface area contributed by atoms with Crippen molar-refractivity contribution in [1.29, 1.82) is 0 Å². The van der Waals surface area contributed by atoms with Crippen molar-refractivity contribution in [2.45, 2.75) is 18.4 Å². The summed E-state index contributed by atoms with van der Waals surface area (Å²) < 4.78 is 5.72. The summed E-state index contributed by atoms with van der Waals surface area (Å²) in [5.74, 6) is -0.176. The predicted molar refractivity (Wildman–Crippen MR) is 85.9 cm³/mol. The molecule has 0 saturated carbocycles. The van der Waals surface area contributed by atoms with Crippen molar-refractivity contribution >= 4 is 11.8 Å². The van der Waals surface area contributed by atoms with Crippen LogP contribution < -0.4 is 5.73 Å². The van der Waals surface area contributed by atoms with E-state index in [1.807, 2.05) is 35.0 Å². The van der Waals surface area contributed by atoms with Gasteiger partial charge < -0.3 is 15.4 Å². The molecule has 6 heteroatoms. The van der Waals surface area contributed by atoms with Gasteiger partial charge in [0.2, 0.25) is 11.8 Å². The lowest BCUT2D eigenvalue weighted by Gasteiger charge is -2.39. The van der Waals surface area contributed by atoms with E-state index < -0.39 is 0 Å². The average molecular weight is 317 g/mol. The van der Waals surface area contributed by atoms with Crippen LogP contribution in [0.25, 0.3) is 0 Å². The van der Waals surface area contributed by atoms with Gasteiger partial charge in [-0.3, -0.25) is 14.5 Å². The summed E-state index contributed by atoms with van der Waals surface area (Å²) in [7, 11) is 1.83. The Morgan fingerprint density at radius 2 is 2.17 bits per heavy atom. The zero-order valence-corrected chi connectivity index (χ0v) is 13.4. The van der Waals surface area contributed by atoms with Crippen LogP contribution in [0.1, 0.15) is 17.0 Å². The quantitative estimate of drug-likeness (QED) is 0.827. The second-order valence-corrected chi connectivity index (χ2v) is 6.40. The molecule has 124 valence electrons. The predicted octanol–water partition coefficient (Wildman–Crippen LogP) is -0.0292. The fourth-order valence-corrected chi connectivity index (χ4v) is 3.41. The molecule has 23 heavy (non-hydrogen) atoms. The van der Waals surface area contributed by atoms with Gasteiger partial charge in [-0.25, -0.2) is 0 Å². The van der Waals surface area contributed by atoms with Crippen LogP contribution in [0.4, 0.5) is 0 Å². The number of carbonyl (C=O) groups is 2. The molecule has 2 amide bonds. The van der Waals surface area contributed by atoms with Crippen LogP contribution in [0, 0.1) is 0 Å². The number of hydrogen-bond acceptors (Lipinski definition) is 4. The van der Waals surface area contributed by atoms with Gasteiger partial charge in [0, 0.05) is 19.6 Å². The van der Waals surface area contributed by atoms with E-state index in [0.717, 1.165) is 12.0 Å². The van der Waals surface area contributed by atoms with E-state index >= 15 is 0 Å². The highest BCUT2D eigenvalue weighted by Crippen LogP contribution is 2.36. The van der Waals surface area contributed by atoms with Crippen LogP contribution in [-0.4, -0.2) is 67.6 Å². The van der Waals surface area contributed by atoms with Gasteiger partial charge in [0.1, 0.15) is 0 Å². The van der Waals surface area contributed by atoms with Crippen molar-refractivity contribution in [1.82, 2.24) is 9.80 Å². The molecule has 2 atom stereocenters. The lowest BCUT2D eigenvalue weighted by molar-refractivity contribution is -0.142. The molecule has 3 rings (SSSR count). The van der Waals surface area contributed by atoms with Gasteiger partial charge in [-0.15, -0.1) is 0 Å². The fourth-order valence-electron chi connectivity index (χ4n) is 3.41. The number of amides is 2. The zero-order chi connectivity index (χ0) is 16.4. The standard InChI is InChI=1S/C17H23N3O3/c1-19(11-16(18)21)9-13-10-20(6-7-23-13)17(22)15-8-12-4-2-3-5-14(12)15/h2-5,13,15H,6-11H2,1H3,(H2,18,21). The van der Waals surface area contributed by atoms with Crippen molar-refractivity contribution in [3.05, 3.63) is 35.4 Å². The number of benzene rings is 1. The third-order valence-corrected chi connectivity index (χ3v) is 4.54. The number of morpholine rings is 1. The molecule has 0 spiro atoms. The maximum atomic E-state index is 12.7. The number of likely N-dealkylation sites (N-methyl/N-ethyl adjacent to an activating group) is 1. The topological polar surface area (TPSA) is 75.9 Å². The summed E-state index contributed by atoms with van der Waals surface area (Å²) in [5, 5.41) is 0. The van der Waals surface area contributed by atoms with Crippen molar-refractivity contribution < 1.29 is 14.3 Å². The van der Waals surface area contributed by atoms with E-state index in [1.165, 1.54) is 5.56 Å². The molecular weight excluding hydrogens is 294 g/mol. The van der Waals surface area contributed by atoms with Crippen LogP contribution in [-0.2, 0) is 20.7 Å². The summed E-state index contributed by atoms with van der Waals surface area (Å²) in [6.07, 6.45) is 0.755. The van der Waals surface area contributed by atoms with Crippen LogP contribution in [0.15, 0.2) is 24.3 Å². The molecule has 0 aromatic heterocycles. The van der Waals surface area contributed by atoms with E-state index in [-0.39, 0.29) is 30.4 Å². The first-order chi connectivity index (χ1) is 11.0. The minimum Gasteiger partial charge on any atom is -0.373 e. The molecule has 0 radical (unpaired) electrons. The summed E-state index contributed by atoms with van der Waals surface area (Å²) >= 11 is 0. The minimum atomic E-state index is -0.359. The third-order valence-electron chi connectivity index (χ3n) is 4.54. The molecule has 1 aromatic carbocycles. The van der Waals surface area contributed by atoms with E-state index in [0.29, 0.717) is 26.2 Å². The average Bonchev–Trinajstić information content (AvgIpc) is 2.47. The number of rotatable bonds is 5. The molecule has 2 N–H and O–H groups in total. The zero-order valence-electron chi connectivity index (χ0n) is 13.4. The SMILES string of the molecule is CN(CC(N)=O)CC1CN(C(=O)C2Cc3ccccc32)CCO1. The van der Waals surface area contributed by atoms with Gasteiger partial charge in [0.25, 0.3) is 0 Å². The van der Waals surface area contributed by atoms with E-state index in [4.69, 9.17) is 10.5 Å². The summed E-state index contributed by atoms with van der Waals surface area (Å²) in [6, 6.07) is 8.12. The third kappa shape index (κ3) is 3.54. The molecule has 1 aliphatic heterocycles. The highest BCUT2D eigenvalue weighted by atomic mass is 16.5. The second-order valence-electron chi connectivity index (χ2n) is 6.40. The van der Waals surface area contributed by atoms with Gasteiger partial charge in [-0.05, 0) is 24.6 Å². The van der Waals surface area contributed by atoms with E-state index in [2.05, 4.69) is 6.07 Å². The maximum Gasteiger partial charge on any atom is 0.231 e. The van der Waals surface area contributed by atoms with Gasteiger partial charge in [0.15, 0.2) is 0 Å². The number of hydrogen-bond donors (Lipinski definition) is 1. The van der Waals surface area contributed by atoms with Crippen LogP contribution in [0.2, 0.25) is 0 Å². The van der Waals surface area contributed by atoms with Crippen LogP contribution >= 0.6 is 0 Å². The molecule has 6 nitrogen and oxygen atoms in total. The van der Waals surface area contributed by atoms with Crippen molar-refractivity contribution in [2.75, 3.05) is 39.8 Å². The highest BCUT2D eigenvalue weighted by molar-refractivity contribution is 5.87. The number of nitrogens with two attached hydrogens (primary N) is 1. The highest BCUT2D eigenvalue weighted by Gasteiger charge is 2.36. The number of ether oxygens (including phenoxy) is 1. The monoisotopic (exact) mass is 317 g/mol. The summed E-state index contributed by atoms with van der Waals surface area (Å²) in [5.41, 5.74) is 7.63. The molecule has 1 fully saturated rings. The Morgan fingerprint density at radius 3 is 2.91 bits per heavy atom. The number of carbonyl (C=O) groups excluding carboxylic acids is 2. The van der Waals surface area contributed by atoms with Gasteiger partial charge in [0.05, 0.1) is 25.2 Å².